The Morgan fingerprint density at radius 2 is 1.85 bits per heavy atom. The monoisotopic (exact) mass is 299 g/mol. The second-order valence-electron chi connectivity index (χ2n) is 5.19. The molecule has 0 saturated carbocycles. The molecule has 1 rings (SSSR count). The highest BCUT2D eigenvalue weighted by Crippen LogP contribution is 2.37. The summed E-state index contributed by atoms with van der Waals surface area (Å²) in [5.74, 6) is 1.40. The molecule has 0 heterocycles. The van der Waals surface area contributed by atoms with Gasteiger partial charge in [-0.15, -0.1) is 0 Å². The lowest BCUT2D eigenvalue weighted by Gasteiger charge is -2.13. The van der Waals surface area contributed by atoms with E-state index >= 15 is 0 Å². The number of hydrogen-bond donors (Lipinski definition) is 1. The number of rotatable bonds is 9. The minimum atomic E-state index is 0.564. The van der Waals surface area contributed by atoms with E-state index in [1.807, 2.05) is 12.1 Å². The number of unbranched alkanes of at least 4 members (excludes halogenated alkanes) is 2. The van der Waals surface area contributed by atoms with Gasteiger partial charge in [-0.2, -0.15) is 0 Å². The van der Waals surface area contributed by atoms with E-state index in [2.05, 4.69) is 19.2 Å². The third-order valence-electron chi connectivity index (χ3n) is 3.24. The lowest BCUT2D eigenvalue weighted by Crippen LogP contribution is -2.23. The molecule has 3 nitrogen and oxygen atoms in total. The number of hydrogen-bond acceptors (Lipinski definition) is 3. The van der Waals surface area contributed by atoms with Crippen molar-refractivity contribution in [2.24, 2.45) is 0 Å². The third kappa shape index (κ3) is 5.22. The molecule has 0 radical (unpaired) electrons. The van der Waals surface area contributed by atoms with Crippen molar-refractivity contribution in [3.63, 3.8) is 0 Å². The van der Waals surface area contributed by atoms with Crippen LogP contribution in [0.25, 0.3) is 0 Å². The molecule has 0 saturated heterocycles. The summed E-state index contributed by atoms with van der Waals surface area (Å²) >= 11 is 6.25. The van der Waals surface area contributed by atoms with Crippen LogP contribution in [-0.2, 0) is 6.42 Å². The summed E-state index contributed by atoms with van der Waals surface area (Å²) in [6.45, 7) is 5.42. The first kappa shape index (κ1) is 17.1. The van der Waals surface area contributed by atoms with Gasteiger partial charge in [0.1, 0.15) is 16.5 Å². The standard InChI is InChI=1S/C16H26ClNO2/c1-12(2)18-11-7-5-6-8-13-9-10-14(19-3)15(17)16(13)20-4/h9-10,12,18H,5-8,11H2,1-4H3. The van der Waals surface area contributed by atoms with Crippen molar-refractivity contribution in [3.05, 3.63) is 22.7 Å². The van der Waals surface area contributed by atoms with Gasteiger partial charge in [0.2, 0.25) is 0 Å². The largest absolute Gasteiger partial charge is 0.495 e. The predicted octanol–water partition coefficient (Wildman–Crippen LogP) is 4.07. The summed E-state index contributed by atoms with van der Waals surface area (Å²) < 4.78 is 10.6. The average Bonchev–Trinajstić information content (AvgIpc) is 2.42. The molecular formula is C16H26ClNO2. The Bertz CT molecular complexity index is 408. The molecule has 0 aliphatic heterocycles. The zero-order chi connectivity index (χ0) is 15.0. The van der Waals surface area contributed by atoms with Crippen LogP contribution >= 0.6 is 11.6 Å². The Labute approximate surface area is 127 Å². The fraction of sp³-hybridized carbons (Fsp3) is 0.625. The van der Waals surface area contributed by atoms with E-state index in [0.29, 0.717) is 16.8 Å². The van der Waals surface area contributed by atoms with Crippen LogP contribution in [0.3, 0.4) is 0 Å². The molecule has 0 atom stereocenters. The second-order valence-corrected chi connectivity index (χ2v) is 5.57. The molecule has 1 N–H and O–H groups in total. The highest BCUT2D eigenvalue weighted by molar-refractivity contribution is 6.33. The highest BCUT2D eigenvalue weighted by Gasteiger charge is 2.12. The molecule has 0 fully saturated rings. The van der Waals surface area contributed by atoms with E-state index in [9.17, 15) is 0 Å². The quantitative estimate of drug-likeness (QED) is 0.697. The first-order valence-corrected chi connectivity index (χ1v) is 7.60. The Morgan fingerprint density at radius 1 is 1.10 bits per heavy atom. The molecule has 0 spiro atoms. The molecule has 0 aliphatic rings. The van der Waals surface area contributed by atoms with Gasteiger partial charge in [0.25, 0.3) is 0 Å². The van der Waals surface area contributed by atoms with E-state index in [0.717, 1.165) is 30.7 Å². The summed E-state index contributed by atoms with van der Waals surface area (Å²) in [5.41, 5.74) is 1.15. The van der Waals surface area contributed by atoms with Crippen LogP contribution in [0.1, 0.15) is 38.7 Å². The maximum absolute atomic E-state index is 6.25. The van der Waals surface area contributed by atoms with Gasteiger partial charge in [0, 0.05) is 6.04 Å². The second kappa shape index (κ2) is 9.09. The zero-order valence-corrected chi connectivity index (χ0v) is 13.7. The van der Waals surface area contributed by atoms with Crippen LogP contribution in [0, 0.1) is 0 Å². The van der Waals surface area contributed by atoms with Gasteiger partial charge in [-0.3, -0.25) is 0 Å². The maximum atomic E-state index is 6.25. The molecule has 4 heteroatoms. The smallest absolute Gasteiger partial charge is 0.144 e. The Hall–Kier alpha value is -0.930. The lowest BCUT2D eigenvalue weighted by molar-refractivity contribution is 0.391. The molecule has 0 unspecified atom stereocenters. The van der Waals surface area contributed by atoms with Crippen LogP contribution < -0.4 is 14.8 Å². The van der Waals surface area contributed by atoms with Gasteiger partial charge in [-0.05, 0) is 37.4 Å². The molecule has 1 aromatic carbocycles. The molecule has 114 valence electrons. The van der Waals surface area contributed by atoms with Gasteiger partial charge in [-0.1, -0.05) is 37.9 Å². The van der Waals surface area contributed by atoms with Crippen molar-refractivity contribution in [2.45, 2.75) is 45.6 Å². The van der Waals surface area contributed by atoms with E-state index in [1.54, 1.807) is 14.2 Å². The third-order valence-corrected chi connectivity index (χ3v) is 3.60. The SMILES string of the molecule is COc1ccc(CCCCCNC(C)C)c(OC)c1Cl. The summed E-state index contributed by atoms with van der Waals surface area (Å²) in [5, 5.41) is 3.99. The first-order chi connectivity index (χ1) is 9.60. The topological polar surface area (TPSA) is 30.5 Å². The van der Waals surface area contributed by atoms with E-state index in [4.69, 9.17) is 21.1 Å². The molecule has 20 heavy (non-hydrogen) atoms. The Kier molecular flexibility index (Phi) is 7.78. The number of ether oxygens (including phenoxy) is 2. The number of halogens is 1. The van der Waals surface area contributed by atoms with Crippen molar-refractivity contribution >= 4 is 11.6 Å². The van der Waals surface area contributed by atoms with Crippen LogP contribution in [-0.4, -0.2) is 26.8 Å². The predicted molar refractivity (Wildman–Crippen MR) is 85.2 cm³/mol. The number of methoxy groups -OCH3 is 2. The average molecular weight is 300 g/mol. The Morgan fingerprint density at radius 3 is 2.45 bits per heavy atom. The normalized spacial score (nSPS) is 10.9. The molecule has 0 amide bonds. The summed E-state index contributed by atoms with van der Waals surface area (Å²) in [6.07, 6.45) is 4.52. The minimum Gasteiger partial charge on any atom is -0.495 e. The number of aryl methyl sites for hydroxylation is 1. The highest BCUT2D eigenvalue weighted by atomic mass is 35.5. The maximum Gasteiger partial charge on any atom is 0.144 e. The molecule has 1 aromatic rings. The molecule has 0 aliphatic carbocycles. The van der Waals surface area contributed by atoms with Crippen molar-refractivity contribution in [1.82, 2.24) is 5.32 Å². The van der Waals surface area contributed by atoms with Crippen molar-refractivity contribution in [1.29, 1.82) is 0 Å². The van der Waals surface area contributed by atoms with Crippen LogP contribution in [0.2, 0.25) is 5.02 Å². The van der Waals surface area contributed by atoms with Crippen LogP contribution in [0.5, 0.6) is 11.5 Å². The van der Waals surface area contributed by atoms with Gasteiger partial charge in [-0.25, -0.2) is 0 Å². The fourth-order valence-electron chi connectivity index (χ4n) is 2.16. The molecule has 0 bridgehead atoms. The zero-order valence-electron chi connectivity index (χ0n) is 13.0. The van der Waals surface area contributed by atoms with Gasteiger partial charge >= 0.3 is 0 Å². The van der Waals surface area contributed by atoms with Gasteiger partial charge in [0.05, 0.1) is 14.2 Å². The van der Waals surface area contributed by atoms with Crippen molar-refractivity contribution in [3.8, 4) is 11.5 Å². The summed E-state index contributed by atoms with van der Waals surface area (Å²) in [6, 6.07) is 4.51. The van der Waals surface area contributed by atoms with Crippen LogP contribution in [0.4, 0.5) is 0 Å². The lowest BCUT2D eigenvalue weighted by atomic mass is 10.1. The van der Waals surface area contributed by atoms with E-state index in [-0.39, 0.29) is 0 Å². The fourth-order valence-corrected chi connectivity index (χ4v) is 2.50. The van der Waals surface area contributed by atoms with Gasteiger partial charge < -0.3 is 14.8 Å². The minimum absolute atomic E-state index is 0.564. The van der Waals surface area contributed by atoms with Crippen molar-refractivity contribution in [2.75, 3.05) is 20.8 Å². The van der Waals surface area contributed by atoms with Crippen LogP contribution in [0.15, 0.2) is 12.1 Å². The molecule has 0 aromatic heterocycles. The summed E-state index contributed by atoms with van der Waals surface area (Å²) in [4.78, 5) is 0. The first-order valence-electron chi connectivity index (χ1n) is 7.22. The molecular weight excluding hydrogens is 274 g/mol. The number of benzene rings is 1. The van der Waals surface area contributed by atoms with E-state index in [1.165, 1.54) is 12.8 Å². The summed E-state index contributed by atoms with van der Waals surface area (Å²) in [7, 11) is 3.26. The van der Waals surface area contributed by atoms with Crippen molar-refractivity contribution < 1.29 is 9.47 Å². The van der Waals surface area contributed by atoms with Gasteiger partial charge in [0.15, 0.2) is 0 Å². The number of nitrogens with one attached hydrogen (secondary N) is 1. The van der Waals surface area contributed by atoms with E-state index < -0.39 is 0 Å². The Balaban J connectivity index is 2.46.